The van der Waals surface area contributed by atoms with E-state index in [1.165, 1.54) is 4.90 Å². The SMILES string of the molecule is O=C(C1CC(N2C(=O)c3ccccc3C2=O)CN1)N1CCSC1.O=C(O)C(F)(F)F. The second-order valence-electron chi connectivity index (χ2n) is 6.82. The number of carbonyl (C=O) groups excluding carboxylic acids is 3. The third kappa shape index (κ3) is 4.43. The molecule has 30 heavy (non-hydrogen) atoms. The first-order chi connectivity index (χ1) is 14.1. The Morgan fingerprint density at radius 2 is 1.70 bits per heavy atom. The number of imide groups is 1. The highest BCUT2D eigenvalue weighted by atomic mass is 32.2. The van der Waals surface area contributed by atoms with Crippen LogP contribution in [0.2, 0.25) is 0 Å². The number of nitrogens with zero attached hydrogens (tertiary/aromatic N) is 2. The topological polar surface area (TPSA) is 107 Å². The Hall–Kier alpha value is -2.60. The molecule has 0 saturated carbocycles. The van der Waals surface area contributed by atoms with Gasteiger partial charge in [-0.25, -0.2) is 4.79 Å². The largest absolute Gasteiger partial charge is 0.490 e. The maximum atomic E-state index is 12.5. The van der Waals surface area contributed by atoms with Gasteiger partial charge in [-0.05, 0) is 18.6 Å². The Morgan fingerprint density at radius 3 is 2.17 bits per heavy atom. The third-order valence-electron chi connectivity index (χ3n) is 4.90. The molecule has 8 nitrogen and oxygen atoms in total. The first-order valence-electron chi connectivity index (χ1n) is 8.98. The molecule has 2 atom stereocenters. The van der Waals surface area contributed by atoms with Crippen molar-refractivity contribution in [1.29, 1.82) is 0 Å². The zero-order valence-electron chi connectivity index (χ0n) is 15.5. The lowest BCUT2D eigenvalue weighted by molar-refractivity contribution is -0.192. The van der Waals surface area contributed by atoms with Crippen LogP contribution >= 0.6 is 11.8 Å². The van der Waals surface area contributed by atoms with Crippen LogP contribution in [0.3, 0.4) is 0 Å². The molecule has 0 bridgehead atoms. The van der Waals surface area contributed by atoms with Crippen molar-refractivity contribution in [2.75, 3.05) is 24.7 Å². The Balaban J connectivity index is 0.000000318. The number of carboxylic acid groups (broad SMARTS) is 1. The first kappa shape index (κ1) is 22.1. The minimum atomic E-state index is -5.08. The molecule has 3 aliphatic heterocycles. The molecule has 3 heterocycles. The molecule has 0 spiro atoms. The van der Waals surface area contributed by atoms with E-state index in [0.29, 0.717) is 24.1 Å². The molecule has 2 saturated heterocycles. The van der Waals surface area contributed by atoms with Crippen LogP contribution < -0.4 is 5.32 Å². The van der Waals surface area contributed by atoms with Gasteiger partial charge in [-0.15, -0.1) is 11.8 Å². The lowest BCUT2D eigenvalue weighted by Crippen LogP contribution is -2.42. The Kier molecular flexibility index (Phi) is 6.36. The molecule has 2 N–H and O–H groups in total. The minimum Gasteiger partial charge on any atom is -0.475 e. The number of hydrogen-bond donors (Lipinski definition) is 2. The van der Waals surface area contributed by atoms with Crippen LogP contribution in [0, 0.1) is 0 Å². The number of thioether (sulfide) groups is 1. The van der Waals surface area contributed by atoms with E-state index < -0.39 is 12.1 Å². The number of rotatable bonds is 2. The number of aliphatic carboxylic acids is 1. The van der Waals surface area contributed by atoms with Crippen LogP contribution in [0.25, 0.3) is 0 Å². The van der Waals surface area contributed by atoms with E-state index in [9.17, 15) is 27.6 Å². The maximum absolute atomic E-state index is 12.5. The number of nitrogens with one attached hydrogen (secondary N) is 1. The van der Waals surface area contributed by atoms with Gasteiger partial charge >= 0.3 is 12.1 Å². The molecule has 0 radical (unpaired) electrons. The number of fused-ring (bicyclic) bond motifs is 1. The van der Waals surface area contributed by atoms with Crippen LogP contribution in [0.4, 0.5) is 13.2 Å². The van der Waals surface area contributed by atoms with E-state index in [1.54, 1.807) is 36.0 Å². The lowest BCUT2D eigenvalue weighted by Gasteiger charge is -2.22. The number of carboxylic acids is 1. The second kappa shape index (κ2) is 8.64. The number of amides is 3. The van der Waals surface area contributed by atoms with E-state index in [0.717, 1.165) is 18.2 Å². The van der Waals surface area contributed by atoms with Crippen molar-refractivity contribution in [3.8, 4) is 0 Å². The average Bonchev–Trinajstić information content (AvgIpc) is 3.43. The lowest BCUT2D eigenvalue weighted by atomic mass is 10.1. The molecule has 2 unspecified atom stereocenters. The smallest absolute Gasteiger partial charge is 0.475 e. The maximum Gasteiger partial charge on any atom is 0.490 e. The van der Waals surface area contributed by atoms with Gasteiger partial charge in [0, 0.05) is 18.8 Å². The monoisotopic (exact) mass is 445 g/mol. The van der Waals surface area contributed by atoms with Crippen LogP contribution in [-0.4, -0.2) is 81.6 Å². The van der Waals surface area contributed by atoms with E-state index in [2.05, 4.69) is 5.32 Å². The van der Waals surface area contributed by atoms with Gasteiger partial charge in [-0.3, -0.25) is 19.3 Å². The zero-order chi connectivity index (χ0) is 22.1. The molecule has 3 aliphatic rings. The number of halogens is 3. The summed E-state index contributed by atoms with van der Waals surface area (Å²) in [6.07, 6.45) is -4.59. The summed E-state index contributed by atoms with van der Waals surface area (Å²) in [5.41, 5.74) is 0.923. The van der Waals surface area contributed by atoms with Crippen molar-refractivity contribution < 1.29 is 37.5 Å². The van der Waals surface area contributed by atoms with Crippen molar-refractivity contribution in [3.05, 3.63) is 35.4 Å². The first-order valence-corrected chi connectivity index (χ1v) is 10.1. The van der Waals surface area contributed by atoms with Crippen LogP contribution in [0.5, 0.6) is 0 Å². The van der Waals surface area contributed by atoms with Crippen LogP contribution in [-0.2, 0) is 9.59 Å². The summed E-state index contributed by atoms with van der Waals surface area (Å²) in [5.74, 6) is -1.47. The van der Waals surface area contributed by atoms with Gasteiger partial charge in [0.05, 0.1) is 29.1 Å². The van der Waals surface area contributed by atoms with Crippen molar-refractivity contribution in [2.24, 2.45) is 0 Å². The van der Waals surface area contributed by atoms with Gasteiger partial charge in [0.25, 0.3) is 11.8 Å². The predicted octanol–water partition coefficient (Wildman–Crippen LogP) is 1.18. The van der Waals surface area contributed by atoms with E-state index in [-0.39, 0.29) is 29.8 Å². The fourth-order valence-corrected chi connectivity index (χ4v) is 4.40. The third-order valence-corrected chi connectivity index (χ3v) is 5.87. The highest BCUT2D eigenvalue weighted by Gasteiger charge is 2.44. The van der Waals surface area contributed by atoms with Crippen molar-refractivity contribution in [1.82, 2.24) is 15.1 Å². The number of hydrogen-bond acceptors (Lipinski definition) is 6. The van der Waals surface area contributed by atoms with Crippen molar-refractivity contribution >= 4 is 35.5 Å². The summed E-state index contributed by atoms with van der Waals surface area (Å²) in [5, 5.41) is 10.3. The normalized spacial score (nSPS) is 23.3. The number of benzene rings is 1. The standard InChI is InChI=1S/C16H17N3O3S.C2HF3O2/c20-14-11-3-1-2-4-12(11)15(21)19(14)10-7-13(17-8-10)16(22)18-5-6-23-9-18;3-2(4,5)1(6)7/h1-4,10,13,17H,5-9H2;(H,6,7). The van der Waals surface area contributed by atoms with Gasteiger partial charge in [-0.1, -0.05) is 12.1 Å². The fourth-order valence-electron chi connectivity index (χ4n) is 3.45. The minimum absolute atomic E-state index is 0.0779. The summed E-state index contributed by atoms with van der Waals surface area (Å²) in [6, 6.07) is 6.33. The molecule has 1 aromatic carbocycles. The quantitative estimate of drug-likeness (QED) is 0.659. The van der Waals surface area contributed by atoms with Gasteiger partial charge in [0.15, 0.2) is 0 Å². The van der Waals surface area contributed by atoms with Crippen LogP contribution in [0.1, 0.15) is 27.1 Å². The van der Waals surface area contributed by atoms with Gasteiger partial charge in [0.1, 0.15) is 0 Å². The molecule has 4 rings (SSSR count). The highest BCUT2D eigenvalue weighted by molar-refractivity contribution is 7.99. The molecule has 0 aromatic heterocycles. The van der Waals surface area contributed by atoms with Crippen molar-refractivity contribution in [2.45, 2.75) is 24.7 Å². The summed E-state index contributed by atoms with van der Waals surface area (Å²) in [7, 11) is 0. The van der Waals surface area contributed by atoms with Gasteiger partial charge in [-0.2, -0.15) is 13.2 Å². The Morgan fingerprint density at radius 1 is 1.13 bits per heavy atom. The molecule has 12 heteroatoms. The molecular formula is C18H18F3N3O5S. The molecular weight excluding hydrogens is 427 g/mol. The Labute approximate surface area is 173 Å². The highest BCUT2D eigenvalue weighted by Crippen LogP contribution is 2.28. The molecule has 0 aliphatic carbocycles. The summed E-state index contributed by atoms with van der Waals surface area (Å²) in [6.45, 7) is 1.25. The van der Waals surface area contributed by atoms with E-state index >= 15 is 0 Å². The summed E-state index contributed by atoms with van der Waals surface area (Å²) in [4.78, 5) is 49.5. The zero-order valence-corrected chi connectivity index (χ0v) is 16.3. The Bertz CT molecular complexity index is 838. The summed E-state index contributed by atoms with van der Waals surface area (Å²) < 4.78 is 31.7. The molecule has 3 amide bonds. The van der Waals surface area contributed by atoms with E-state index in [4.69, 9.17) is 9.90 Å². The number of carbonyl (C=O) groups is 4. The van der Waals surface area contributed by atoms with E-state index in [1.807, 2.05) is 4.90 Å². The van der Waals surface area contributed by atoms with Crippen molar-refractivity contribution in [3.63, 3.8) is 0 Å². The van der Waals surface area contributed by atoms with Crippen LogP contribution in [0.15, 0.2) is 24.3 Å². The molecule has 2 fully saturated rings. The second-order valence-corrected chi connectivity index (χ2v) is 7.89. The van der Waals surface area contributed by atoms with Gasteiger partial charge in [0.2, 0.25) is 5.91 Å². The van der Waals surface area contributed by atoms with Gasteiger partial charge < -0.3 is 15.3 Å². The number of alkyl halides is 3. The summed E-state index contributed by atoms with van der Waals surface area (Å²) >= 11 is 1.75. The average molecular weight is 445 g/mol. The fraction of sp³-hybridized carbons (Fsp3) is 0.444. The molecule has 162 valence electrons. The molecule has 1 aromatic rings. The predicted molar refractivity (Wildman–Crippen MR) is 99.9 cm³/mol.